The zero-order valence-electron chi connectivity index (χ0n) is 8.79. The maximum Gasteiger partial charge on any atom is 0.0931 e. The predicted octanol–water partition coefficient (Wildman–Crippen LogP) is 3.71. The maximum atomic E-state index is 6.03. The number of rotatable bonds is 5. The zero-order chi connectivity index (χ0) is 10.6. The predicted molar refractivity (Wildman–Crippen MR) is 65.1 cm³/mol. The molecule has 1 rings (SSSR count). The number of nitrogens with two attached hydrogens (primary N) is 1. The van der Waals surface area contributed by atoms with Crippen LogP contribution in [0.15, 0.2) is 12.1 Å². The van der Waals surface area contributed by atoms with E-state index in [0.717, 1.165) is 23.1 Å². The lowest BCUT2D eigenvalue weighted by atomic mass is 10.0. The van der Waals surface area contributed by atoms with E-state index in [-0.39, 0.29) is 6.04 Å². The molecule has 14 heavy (non-hydrogen) atoms. The van der Waals surface area contributed by atoms with Gasteiger partial charge in [0.2, 0.25) is 0 Å². The number of thiophene rings is 1. The Hall–Kier alpha value is -0.0500. The fraction of sp³-hybridized carbons (Fsp3) is 0.636. The lowest BCUT2D eigenvalue weighted by Crippen LogP contribution is -2.22. The molecular weight excluding hydrogens is 214 g/mol. The molecule has 0 saturated heterocycles. The quantitative estimate of drug-likeness (QED) is 0.822. The lowest BCUT2D eigenvalue weighted by Gasteiger charge is -2.11. The van der Waals surface area contributed by atoms with Crippen LogP contribution in [0.3, 0.4) is 0 Å². The van der Waals surface area contributed by atoms with Crippen molar-refractivity contribution in [2.24, 2.45) is 11.7 Å². The van der Waals surface area contributed by atoms with Crippen LogP contribution in [-0.2, 0) is 6.42 Å². The second kappa shape index (κ2) is 5.74. The highest BCUT2D eigenvalue weighted by molar-refractivity contribution is 7.16. The Labute approximate surface area is 95.3 Å². The van der Waals surface area contributed by atoms with Gasteiger partial charge in [0.25, 0.3) is 0 Å². The molecule has 0 amide bonds. The molecule has 0 aromatic carbocycles. The molecule has 3 heteroatoms. The van der Waals surface area contributed by atoms with Crippen LogP contribution in [0.5, 0.6) is 0 Å². The summed E-state index contributed by atoms with van der Waals surface area (Å²) in [6.07, 6.45) is 3.28. The van der Waals surface area contributed by atoms with E-state index in [9.17, 15) is 0 Å². The first-order chi connectivity index (χ1) is 6.58. The molecule has 0 fully saturated rings. The number of hydrogen-bond donors (Lipinski definition) is 1. The molecule has 0 radical (unpaired) electrons. The Bertz CT molecular complexity index is 270. The fourth-order valence-electron chi connectivity index (χ4n) is 1.37. The third-order valence-electron chi connectivity index (χ3n) is 2.21. The highest BCUT2D eigenvalue weighted by Crippen LogP contribution is 2.23. The highest BCUT2D eigenvalue weighted by atomic mass is 35.5. The van der Waals surface area contributed by atoms with E-state index >= 15 is 0 Å². The van der Waals surface area contributed by atoms with Crippen LogP contribution in [-0.4, -0.2) is 6.04 Å². The first kappa shape index (κ1) is 12.0. The summed E-state index contributed by atoms with van der Waals surface area (Å²) < 4.78 is 0.857. The molecule has 1 heterocycles. The van der Waals surface area contributed by atoms with Crippen molar-refractivity contribution in [3.05, 3.63) is 21.3 Å². The van der Waals surface area contributed by atoms with Crippen molar-refractivity contribution in [1.82, 2.24) is 0 Å². The summed E-state index contributed by atoms with van der Waals surface area (Å²) in [6.45, 7) is 4.46. The summed E-state index contributed by atoms with van der Waals surface area (Å²) in [5.41, 5.74) is 6.03. The fourth-order valence-corrected chi connectivity index (χ4v) is 2.55. The van der Waals surface area contributed by atoms with Gasteiger partial charge in [-0.25, -0.2) is 0 Å². The van der Waals surface area contributed by atoms with Crippen molar-refractivity contribution in [2.75, 3.05) is 0 Å². The Morgan fingerprint density at radius 3 is 2.57 bits per heavy atom. The molecule has 0 spiro atoms. The summed E-state index contributed by atoms with van der Waals surface area (Å²) in [5, 5.41) is 0. The molecule has 2 N–H and O–H groups in total. The van der Waals surface area contributed by atoms with Crippen LogP contribution in [0.1, 0.15) is 31.6 Å². The smallest absolute Gasteiger partial charge is 0.0931 e. The Balaban J connectivity index is 2.30. The standard InChI is InChI=1S/C11H18ClNS/c1-8(2)3-4-9(13)7-10-5-6-11(12)14-10/h5-6,8-9H,3-4,7,13H2,1-2H3. The topological polar surface area (TPSA) is 26.0 Å². The summed E-state index contributed by atoms with van der Waals surface area (Å²) in [7, 11) is 0. The zero-order valence-corrected chi connectivity index (χ0v) is 10.4. The SMILES string of the molecule is CC(C)CCC(N)Cc1ccc(Cl)s1. The Morgan fingerprint density at radius 1 is 1.36 bits per heavy atom. The maximum absolute atomic E-state index is 6.03. The molecular formula is C11H18ClNS. The molecule has 1 atom stereocenters. The summed E-state index contributed by atoms with van der Waals surface area (Å²) in [6, 6.07) is 4.30. The van der Waals surface area contributed by atoms with Gasteiger partial charge in [-0.15, -0.1) is 11.3 Å². The minimum atomic E-state index is 0.284. The van der Waals surface area contributed by atoms with Crippen LogP contribution in [0.25, 0.3) is 0 Å². The van der Waals surface area contributed by atoms with E-state index in [1.807, 2.05) is 6.07 Å². The van der Waals surface area contributed by atoms with Crippen LogP contribution in [0, 0.1) is 5.92 Å². The van der Waals surface area contributed by atoms with Crippen LogP contribution >= 0.6 is 22.9 Å². The summed E-state index contributed by atoms with van der Waals surface area (Å²) in [4.78, 5) is 1.30. The van der Waals surface area contributed by atoms with Crippen LogP contribution in [0.4, 0.5) is 0 Å². The molecule has 0 aliphatic heterocycles. The first-order valence-corrected chi connectivity index (χ1v) is 6.27. The minimum Gasteiger partial charge on any atom is -0.327 e. The monoisotopic (exact) mass is 231 g/mol. The number of halogens is 1. The molecule has 1 unspecified atom stereocenters. The van der Waals surface area contributed by atoms with Gasteiger partial charge in [-0.3, -0.25) is 0 Å². The van der Waals surface area contributed by atoms with E-state index in [2.05, 4.69) is 19.9 Å². The van der Waals surface area contributed by atoms with Crippen LogP contribution in [0.2, 0.25) is 4.34 Å². The molecule has 80 valence electrons. The molecule has 0 bridgehead atoms. The third kappa shape index (κ3) is 4.45. The average Bonchev–Trinajstić information content (AvgIpc) is 2.48. The Kier molecular flexibility index (Phi) is 4.93. The lowest BCUT2D eigenvalue weighted by molar-refractivity contribution is 0.496. The van der Waals surface area contributed by atoms with E-state index in [4.69, 9.17) is 17.3 Å². The van der Waals surface area contributed by atoms with Gasteiger partial charge < -0.3 is 5.73 Å². The highest BCUT2D eigenvalue weighted by Gasteiger charge is 2.07. The Morgan fingerprint density at radius 2 is 2.07 bits per heavy atom. The summed E-state index contributed by atoms with van der Waals surface area (Å²) in [5.74, 6) is 0.743. The molecule has 0 aliphatic rings. The van der Waals surface area contributed by atoms with Gasteiger partial charge in [-0.05, 0) is 37.3 Å². The molecule has 0 aliphatic carbocycles. The van der Waals surface area contributed by atoms with Crippen molar-refractivity contribution in [1.29, 1.82) is 0 Å². The minimum absolute atomic E-state index is 0.284. The van der Waals surface area contributed by atoms with Gasteiger partial charge in [-0.1, -0.05) is 25.4 Å². The third-order valence-corrected chi connectivity index (χ3v) is 3.46. The van der Waals surface area contributed by atoms with Crippen molar-refractivity contribution >= 4 is 22.9 Å². The van der Waals surface area contributed by atoms with Gasteiger partial charge in [0.15, 0.2) is 0 Å². The average molecular weight is 232 g/mol. The molecule has 1 nitrogen and oxygen atoms in total. The normalized spacial score (nSPS) is 13.5. The van der Waals surface area contributed by atoms with Gasteiger partial charge in [0.1, 0.15) is 0 Å². The van der Waals surface area contributed by atoms with E-state index in [1.54, 1.807) is 11.3 Å². The second-order valence-corrected chi connectivity index (χ2v) is 5.94. The molecule has 1 aromatic rings. The second-order valence-electron chi connectivity index (χ2n) is 4.14. The van der Waals surface area contributed by atoms with Gasteiger partial charge in [-0.2, -0.15) is 0 Å². The van der Waals surface area contributed by atoms with E-state index in [1.165, 1.54) is 11.3 Å². The van der Waals surface area contributed by atoms with Crippen molar-refractivity contribution in [3.8, 4) is 0 Å². The van der Waals surface area contributed by atoms with Gasteiger partial charge in [0.05, 0.1) is 4.34 Å². The van der Waals surface area contributed by atoms with Crippen molar-refractivity contribution in [2.45, 2.75) is 39.2 Å². The van der Waals surface area contributed by atoms with Crippen LogP contribution < -0.4 is 5.73 Å². The summed E-state index contributed by atoms with van der Waals surface area (Å²) >= 11 is 7.48. The van der Waals surface area contributed by atoms with Gasteiger partial charge >= 0.3 is 0 Å². The van der Waals surface area contributed by atoms with Crippen molar-refractivity contribution in [3.63, 3.8) is 0 Å². The van der Waals surface area contributed by atoms with E-state index in [0.29, 0.717) is 0 Å². The molecule has 0 saturated carbocycles. The van der Waals surface area contributed by atoms with E-state index < -0.39 is 0 Å². The molecule has 1 aromatic heterocycles. The largest absolute Gasteiger partial charge is 0.327 e. The van der Waals surface area contributed by atoms with Crippen molar-refractivity contribution < 1.29 is 0 Å². The van der Waals surface area contributed by atoms with Gasteiger partial charge in [0, 0.05) is 10.9 Å². The number of hydrogen-bond acceptors (Lipinski definition) is 2. The first-order valence-electron chi connectivity index (χ1n) is 5.07.